The minimum Gasteiger partial charge on any atom is -0.461 e. The first kappa shape index (κ1) is 8.93. The smallest absolute Gasteiger partial charge is 0.357 e. The van der Waals surface area contributed by atoms with Crippen molar-refractivity contribution >= 4 is 17.6 Å². The van der Waals surface area contributed by atoms with E-state index < -0.39 is 5.97 Å². The molecular formula is C7H7ClN2O2. The van der Waals surface area contributed by atoms with Crippen LogP contribution in [0.1, 0.15) is 17.4 Å². The predicted molar refractivity (Wildman–Crippen MR) is 43.0 cm³/mol. The van der Waals surface area contributed by atoms with Gasteiger partial charge in [0.2, 0.25) is 5.28 Å². The molecular weight excluding hydrogens is 180 g/mol. The van der Waals surface area contributed by atoms with Crippen LogP contribution in [0.15, 0.2) is 12.3 Å². The number of aromatic nitrogens is 2. The highest BCUT2D eigenvalue weighted by Gasteiger charge is 2.07. The van der Waals surface area contributed by atoms with Gasteiger partial charge in [-0.3, -0.25) is 0 Å². The fourth-order valence-corrected chi connectivity index (χ4v) is 0.801. The summed E-state index contributed by atoms with van der Waals surface area (Å²) in [6, 6.07) is 1.45. The van der Waals surface area contributed by atoms with Gasteiger partial charge in [-0.1, -0.05) is 0 Å². The number of carbonyl (C=O) groups excluding carboxylic acids is 1. The van der Waals surface area contributed by atoms with Gasteiger partial charge in [0.15, 0.2) is 5.69 Å². The van der Waals surface area contributed by atoms with E-state index in [9.17, 15) is 4.79 Å². The third kappa shape index (κ3) is 2.17. The Morgan fingerprint density at radius 1 is 1.75 bits per heavy atom. The van der Waals surface area contributed by atoms with Crippen LogP contribution in [0.25, 0.3) is 0 Å². The molecule has 1 aromatic heterocycles. The van der Waals surface area contributed by atoms with Crippen molar-refractivity contribution in [3.8, 4) is 0 Å². The van der Waals surface area contributed by atoms with E-state index in [1.807, 2.05) is 0 Å². The number of hydrogen-bond donors (Lipinski definition) is 0. The zero-order valence-corrected chi connectivity index (χ0v) is 7.21. The highest BCUT2D eigenvalue weighted by molar-refractivity contribution is 6.28. The molecule has 12 heavy (non-hydrogen) atoms. The number of halogens is 1. The molecule has 0 bridgehead atoms. The number of nitrogens with zero attached hydrogens (tertiary/aromatic N) is 2. The van der Waals surface area contributed by atoms with Crippen molar-refractivity contribution in [3.63, 3.8) is 0 Å². The first-order chi connectivity index (χ1) is 5.74. The Morgan fingerprint density at radius 3 is 3.08 bits per heavy atom. The number of ether oxygens (including phenoxy) is 1. The molecule has 0 aliphatic rings. The van der Waals surface area contributed by atoms with Crippen LogP contribution < -0.4 is 0 Å². The van der Waals surface area contributed by atoms with Crippen molar-refractivity contribution in [2.24, 2.45) is 0 Å². The van der Waals surface area contributed by atoms with Crippen LogP contribution in [0.2, 0.25) is 5.28 Å². The molecule has 1 aromatic rings. The molecule has 1 heterocycles. The first-order valence-corrected chi connectivity index (χ1v) is 3.77. The van der Waals surface area contributed by atoms with E-state index in [1.54, 1.807) is 6.92 Å². The maximum atomic E-state index is 11.0. The van der Waals surface area contributed by atoms with Crippen LogP contribution >= 0.6 is 11.6 Å². The van der Waals surface area contributed by atoms with Crippen LogP contribution in [-0.4, -0.2) is 22.5 Å². The summed E-state index contributed by atoms with van der Waals surface area (Å²) < 4.78 is 4.70. The fraction of sp³-hybridized carbons (Fsp3) is 0.286. The van der Waals surface area contributed by atoms with Crippen molar-refractivity contribution in [2.45, 2.75) is 6.92 Å². The highest BCUT2D eigenvalue weighted by Crippen LogP contribution is 2.02. The first-order valence-electron chi connectivity index (χ1n) is 3.39. The number of carbonyl (C=O) groups is 1. The molecule has 0 radical (unpaired) electrons. The van der Waals surface area contributed by atoms with E-state index in [0.29, 0.717) is 6.61 Å². The zero-order chi connectivity index (χ0) is 8.97. The Hall–Kier alpha value is -1.16. The van der Waals surface area contributed by atoms with Gasteiger partial charge in [0.1, 0.15) is 0 Å². The molecule has 0 spiro atoms. The molecule has 1 rings (SSSR count). The zero-order valence-electron chi connectivity index (χ0n) is 6.45. The third-order valence-electron chi connectivity index (χ3n) is 1.11. The van der Waals surface area contributed by atoms with Gasteiger partial charge in [-0.2, -0.15) is 0 Å². The van der Waals surface area contributed by atoms with E-state index in [1.165, 1.54) is 12.3 Å². The summed E-state index contributed by atoms with van der Waals surface area (Å²) in [5, 5.41) is 0.0422. The van der Waals surface area contributed by atoms with Crippen molar-refractivity contribution in [1.29, 1.82) is 0 Å². The summed E-state index contributed by atoms with van der Waals surface area (Å²) in [6.45, 7) is 2.04. The Morgan fingerprint density at radius 2 is 2.50 bits per heavy atom. The lowest BCUT2D eigenvalue weighted by Crippen LogP contribution is -2.07. The second kappa shape index (κ2) is 4.01. The molecule has 0 aliphatic heterocycles. The molecule has 0 atom stereocenters. The topological polar surface area (TPSA) is 52.1 Å². The summed E-state index contributed by atoms with van der Waals surface area (Å²) in [5.74, 6) is -0.484. The molecule has 5 heteroatoms. The van der Waals surface area contributed by atoms with Gasteiger partial charge in [0.25, 0.3) is 0 Å². The molecule has 4 nitrogen and oxygen atoms in total. The standard InChI is InChI=1S/C7H7ClN2O2/c1-2-12-6(11)5-3-4-9-7(8)10-5/h3-4H,2H2,1H3. The summed E-state index contributed by atoms with van der Waals surface area (Å²) in [4.78, 5) is 18.3. The summed E-state index contributed by atoms with van der Waals surface area (Å²) in [7, 11) is 0. The van der Waals surface area contributed by atoms with Crippen molar-refractivity contribution in [2.75, 3.05) is 6.61 Å². The Labute approximate surface area is 74.5 Å². The summed E-state index contributed by atoms with van der Waals surface area (Å²) >= 11 is 5.46. The van der Waals surface area contributed by atoms with E-state index >= 15 is 0 Å². The van der Waals surface area contributed by atoms with Crippen molar-refractivity contribution < 1.29 is 9.53 Å². The van der Waals surface area contributed by atoms with E-state index in [4.69, 9.17) is 16.3 Å². The van der Waals surface area contributed by atoms with Crippen LogP contribution in [0.5, 0.6) is 0 Å². The quantitative estimate of drug-likeness (QED) is 0.516. The van der Waals surface area contributed by atoms with Crippen LogP contribution in [0, 0.1) is 0 Å². The van der Waals surface area contributed by atoms with Gasteiger partial charge in [-0.25, -0.2) is 14.8 Å². The lowest BCUT2D eigenvalue weighted by molar-refractivity contribution is 0.0519. The minimum absolute atomic E-state index is 0.0422. The summed E-state index contributed by atoms with van der Waals surface area (Å²) in [6.07, 6.45) is 1.40. The lowest BCUT2D eigenvalue weighted by atomic mass is 10.4. The Bertz CT molecular complexity index is 290. The normalized spacial score (nSPS) is 9.50. The van der Waals surface area contributed by atoms with Crippen LogP contribution in [0.4, 0.5) is 0 Å². The summed E-state index contributed by atoms with van der Waals surface area (Å²) in [5.41, 5.74) is 0.178. The van der Waals surface area contributed by atoms with Gasteiger partial charge >= 0.3 is 5.97 Å². The van der Waals surface area contributed by atoms with Gasteiger partial charge in [0.05, 0.1) is 6.61 Å². The van der Waals surface area contributed by atoms with Gasteiger partial charge in [-0.05, 0) is 24.6 Å². The molecule has 0 N–H and O–H groups in total. The minimum atomic E-state index is -0.484. The molecule has 64 valence electrons. The van der Waals surface area contributed by atoms with E-state index in [0.717, 1.165) is 0 Å². The second-order valence-electron chi connectivity index (χ2n) is 1.93. The maximum Gasteiger partial charge on any atom is 0.357 e. The average molecular weight is 187 g/mol. The molecule has 0 fully saturated rings. The highest BCUT2D eigenvalue weighted by atomic mass is 35.5. The molecule has 0 saturated carbocycles. The molecule has 0 aromatic carbocycles. The van der Waals surface area contributed by atoms with Crippen molar-refractivity contribution in [3.05, 3.63) is 23.2 Å². The number of hydrogen-bond acceptors (Lipinski definition) is 4. The van der Waals surface area contributed by atoms with Gasteiger partial charge in [0, 0.05) is 6.20 Å². The van der Waals surface area contributed by atoms with Gasteiger partial charge in [-0.15, -0.1) is 0 Å². The lowest BCUT2D eigenvalue weighted by Gasteiger charge is -1.99. The molecule has 0 amide bonds. The molecule has 0 aliphatic carbocycles. The van der Waals surface area contributed by atoms with Gasteiger partial charge < -0.3 is 4.74 Å². The largest absolute Gasteiger partial charge is 0.461 e. The van der Waals surface area contributed by atoms with Crippen LogP contribution in [0.3, 0.4) is 0 Å². The SMILES string of the molecule is CCOC(=O)c1ccnc(Cl)n1. The van der Waals surface area contributed by atoms with Crippen molar-refractivity contribution in [1.82, 2.24) is 9.97 Å². The monoisotopic (exact) mass is 186 g/mol. The van der Waals surface area contributed by atoms with E-state index in [-0.39, 0.29) is 11.0 Å². The maximum absolute atomic E-state index is 11.0. The number of esters is 1. The average Bonchev–Trinajstić information content (AvgIpc) is 2.05. The predicted octanol–water partition coefficient (Wildman–Crippen LogP) is 1.31. The number of rotatable bonds is 2. The molecule has 0 unspecified atom stereocenters. The second-order valence-corrected chi connectivity index (χ2v) is 2.27. The fourth-order valence-electron chi connectivity index (χ4n) is 0.654. The van der Waals surface area contributed by atoms with Crippen LogP contribution in [-0.2, 0) is 4.74 Å². The Kier molecular flexibility index (Phi) is 2.99. The molecule has 0 saturated heterocycles. The Balaban J connectivity index is 2.81. The van der Waals surface area contributed by atoms with E-state index in [2.05, 4.69) is 9.97 Å². The third-order valence-corrected chi connectivity index (χ3v) is 1.29.